The van der Waals surface area contributed by atoms with Crippen LogP contribution in [0.15, 0.2) is 146 Å². The van der Waals surface area contributed by atoms with Gasteiger partial charge in [0.2, 0.25) is 5.91 Å². The molecule has 1 aliphatic heterocycles. The van der Waals surface area contributed by atoms with Crippen molar-refractivity contribution in [3.05, 3.63) is 146 Å². The summed E-state index contributed by atoms with van der Waals surface area (Å²) in [5.41, 5.74) is 0. The average Bonchev–Trinajstić information content (AvgIpc) is 3.65. The molecule has 1 rings (SSSR count). The summed E-state index contributed by atoms with van der Waals surface area (Å²) in [5.74, 6) is -0.215. The predicted molar refractivity (Wildman–Crippen MR) is 368 cm³/mol. The summed E-state index contributed by atoms with van der Waals surface area (Å²) in [6.07, 6.45) is 92.3. The maximum absolute atomic E-state index is 13.1. The van der Waals surface area contributed by atoms with Gasteiger partial charge >= 0.3 is 0 Å². The Morgan fingerprint density at radius 1 is 0.407 bits per heavy atom. The molecular formula is C77H129NO8. The number of unbranched alkanes of at least 4 members (excludes halogenated alkanes) is 27. The van der Waals surface area contributed by atoms with E-state index < -0.39 is 49.5 Å². The van der Waals surface area contributed by atoms with Crippen LogP contribution >= 0.6 is 0 Å². The Labute approximate surface area is 527 Å². The number of amides is 1. The smallest absolute Gasteiger partial charge is 0.220 e. The first-order chi connectivity index (χ1) is 42.3. The summed E-state index contributed by atoms with van der Waals surface area (Å²) < 4.78 is 11.3. The van der Waals surface area contributed by atoms with E-state index in [4.69, 9.17) is 9.47 Å². The lowest BCUT2D eigenvalue weighted by Gasteiger charge is -2.40. The van der Waals surface area contributed by atoms with Crippen molar-refractivity contribution in [3.63, 3.8) is 0 Å². The summed E-state index contributed by atoms with van der Waals surface area (Å²) in [6.45, 7) is 3.65. The molecule has 9 heteroatoms. The van der Waals surface area contributed by atoms with Gasteiger partial charge in [-0.15, -0.1) is 0 Å². The number of aliphatic hydroxyl groups is 5. The van der Waals surface area contributed by atoms with Crippen molar-refractivity contribution >= 4 is 5.91 Å². The zero-order valence-electron chi connectivity index (χ0n) is 54.8. The van der Waals surface area contributed by atoms with Gasteiger partial charge < -0.3 is 40.3 Å². The molecule has 0 bridgehead atoms. The third-order valence-electron chi connectivity index (χ3n) is 15.6. The van der Waals surface area contributed by atoms with Crippen LogP contribution in [0.3, 0.4) is 0 Å². The summed E-state index contributed by atoms with van der Waals surface area (Å²) >= 11 is 0. The second kappa shape index (κ2) is 64.1. The van der Waals surface area contributed by atoms with Gasteiger partial charge in [-0.2, -0.15) is 0 Å². The molecule has 0 saturated carbocycles. The van der Waals surface area contributed by atoms with Crippen LogP contribution in [-0.4, -0.2) is 87.5 Å². The SMILES string of the molecule is CC/C=C\C/C=C\C/C=C\C/C=C\C/C=C\C/C=C\C/C=C\C/C=C\C/C=C\C/C=C\CCCCCCC(=O)NC(COC1OC(CO)C(O)C(O)C1O)C(O)/C=C/CC/C=C/CCCCCCCCCCCCCCCCCCCCCCCC. The molecule has 1 saturated heterocycles. The van der Waals surface area contributed by atoms with Crippen molar-refractivity contribution in [2.45, 2.75) is 320 Å². The van der Waals surface area contributed by atoms with E-state index in [1.807, 2.05) is 6.08 Å². The van der Waals surface area contributed by atoms with Crippen LogP contribution in [0.5, 0.6) is 0 Å². The number of hydrogen-bond acceptors (Lipinski definition) is 8. The number of ether oxygens (including phenoxy) is 2. The summed E-state index contributed by atoms with van der Waals surface area (Å²) in [7, 11) is 0. The molecule has 7 atom stereocenters. The molecule has 1 fully saturated rings. The van der Waals surface area contributed by atoms with Gasteiger partial charge in [-0.05, 0) is 109 Å². The van der Waals surface area contributed by atoms with Crippen molar-refractivity contribution < 1.29 is 39.8 Å². The van der Waals surface area contributed by atoms with Gasteiger partial charge in [0.1, 0.15) is 24.4 Å². The molecule has 0 aromatic rings. The fraction of sp³-hybridized carbons (Fsp3) is 0.675. The molecule has 0 radical (unpaired) electrons. The number of aliphatic hydroxyl groups excluding tert-OH is 5. The lowest BCUT2D eigenvalue weighted by Crippen LogP contribution is -2.60. The first-order valence-corrected chi connectivity index (χ1v) is 35.1. The number of hydrogen-bond donors (Lipinski definition) is 6. The van der Waals surface area contributed by atoms with Crippen LogP contribution in [-0.2, 0) is 14.3 Å². The Morgan fingerprint density at radius 2 is 0.733 bits per heavy atom. The van der Waals surface area contributed by atoms with E-state index in [1.54, 1.807) is 6.08 Å². The molecule has 86 heavy (non-hydrogen) atoms. The molecular weight excluding hydrogens is 1070 g/mol. The predicted octanol–water partition coefficient (Wildman–Crippen LogP) is 19.4. The molecule has 1 amide bonds. The van der Waals surface area contributed by atoms with E-state index in [0.717, 1.165) is 109 Å². The van der Waals surface area contributed by atoms with Crippen molar-refractivity contribution in [2.75, 3.05) is 13.2 Å². The van der Waals surface area contributed by atoms with E-state index in [0.29, 0.717) is 12.8 Å². The maximum atomic E-state index is 13.1. The van der Waals surface area contributed by atoms with Gasteiger partial charge in [-0.3, -0.25) is 4.79 Å². The van der Waals surface area contributed by atoms with Gasteiger partial charge in [-0.25, -0.2) is 0 Å². The fourth-order valence-corrected chi connectivity index (χ4v) is 10.2. The number of nitrogens with one attached hydrogen (secondary N) is 1. The third kappa shape index (κ3) is 52.1. The van der Waals surface area contributed by atoms with E-state index in [-0.39, 0.29) is 12.5 Å². The Hall–Kier alpha value is -3.93. The molecule has 0 spiro atoms. The summed E-state index contributed by atoms with van der Waals surface area (Å²) in [4.78, 5) is 13.1. The number of allylic oxidation sites excluding steroid dienone is 23. The number of rotatable bonds is 59. The zero-order valence-corrected chi connectivity index (χ0v) is 54.8. The van der Waals surface area contributed by atoms with Crippen molar-refractivity contribution in [2.24, 2.45) is 0 Å². The van der Waals surface area contributed by atoms with Gasteiger partial charge in [0.25, 0.3) is 0 Å². The van der Waals surface area contributed by atoms with Gasteiger partial charge in [-0.1, -0.05) is 307 Å². The van der Waals surface area contributed by atoms with E-state index in [1.165, 1.54) is 141 Å². The molecule has 0 aromatic heterocycles. The van der Waals surface area contributed by atoms with Crippen LogP contribution in [0.25, 0.3) is 0 Å². The Kier molecular flexibility index (Phi) is 59.7. The molecule has 0 aliphatic carbocycles. The lowest BCUT2D eigenvalue weighted by molar-refractivity contribution is -0.302. The summed E-state index contributed by atoms with van der Waals surface area (Å²) in [5, 5.41) is 54.7. The second-order valence-corrected chi connectivity index (χ2v) is 23.6. The minimum Gasteiger partial charge on any atom is -0.394 e. The Morgan fingerprint density at radius 3 is 1.12 bits per heavy atom. The standard InChI is InChI=1S/C77H129NO8/c1-3-5-7-9-11-13-15-17-19-21-23-25-27-29-31-33-34-35-36-37-38-39-41-43-45-47-49-51-53-55-57-59-61-63-65-67-73(81)78-70(69-85-77-76(84)75(83)74(82)72(68-79)86-77)71(80)66-64-62-60-58-56-54-52-50-48-46-44-42-40-32-30-28-26-24-22-20-18-16-14-12-10-8-6-4-2/h5,7,11,13,17,19,23,25,29,31,34-35,37-38,41,43,47,49,53,55-56,58,64,66,70-72,74-77,79-80,82-84H,3-4,6,8-10,12,14-16,18,20-22,24,26-28,30,32-33,36,39-40,42,44-46,48,50-52,54,57,59-63,65,67-69H2,1-2H3,(H,78,81)/b7-5-,13-11-,19-17-,25-23-,31-29-,35-34-,38-37-,43-41-,49-47-,55-53-,58-56+,66-64+. The lowest BCUT2D eigenvalue weighted by atomic mass is 9.99. The van der Waals surface area contributed by atoms with Crippen LogP contribution in [0, 0.1) is 0 Å². The van der Waals surface area contributed by atoms with Crippen LogP contribution < -0.4 is 5.32 Å². The van der Waals surface area contributed by atoms with Crippen LogP contribution in [0.1, 0.15) is 277 Å². The van der Waals surface area contributed by atoms with Crippen molar-refractivity contribution in [1.82, 2.24) is 5.32 Å². The van der Waals surface area contributed by atoms with Crippen LogP contribution in [0.4, 0.5) is 0 Å². The first kappa shape index (κ1) is 80.1. The number of carbonyl (C=O) groups is 1. The fourth-order valence-electron chi connectivity index (χ4n) is 10.2. The van der Waals surface area contributed by atoms with Gasteiger partial charge in [0, 0.05) is 6.42 Å². The zero-order chi connectivity index (χ0) is 62.1. The Bertz CT molecular complexity index is 1870. The topological polar surface area (TPSA) is 149 Å². The van der Waals surface area contributed by atoms with Crippen molar-refractivity contribution in [3.8, 4) is 0 Å². The highest BCUT2D eigenvalue weighted by Crippen LogP contribution is 2.23. The minimum atomic E-state index is -1.59. The molecule has 0 aromatic carbocycles. The minimum absolute atomic E-state index is 0.215. The molecule has 490 valence electrons. The second-order valence-electron chi connectivity index (χ2n) is 23.6. The van der Waals surface area contributed by atoms with E-state index >= 15 is 0 Å². The molecule has 7 unspecified atom stereocenters. The van der Waals surface area contributed by atoms with Crippen LogP contribution in [0.2, 0.25) is 0 Å². The van der Waals surface area contributed by atoms with Crippen molar-refractivity contribution in [1.29, 1.82) is 0 Å². The maximum Gasteiger partial charge on any atom is 0.220 e. The monoisotopic (exact) mass is 1200 g/mol. The average molecular weight is 1200 g/mol. The van der Waals surface area contributed by atoms with E-state index in [9.17, 15) is 30.3 Å². The quantitative estimate of drug-likeness (QED) is 0.0261. The molecule has 6 N–H and O–H groups in total. The highest BCUT2D eigenvalue weighted by Gasteiger charge is 2.44. The highest BCUT2D eigenvalue weighted by atomic mass is 16.7. The third-order valence-corrected chi connectivity index (χ3v) is 15.6. The number of carbonyl (C=O) groups excluding carboxylic acids is 1. The molecule has 1 heterocycles. The van der Waals surface area contributed by atoms with Gasteiger partial charge in [0.15, 0.2) is 6.29 Å². The highest BCUT2D eigenvalue weighted by molar-refractivity contribution is 5.76. The first-order valence-electron chi connectivity index (χ1n) is 35.1. The molecule has 1 aliphatic rings. The largest absolute Gasteiger partial charge is 0.394 e. The van der Waals surface area contributed by atoms with Gasteiger partial charge in [0.05, 0.1) is 25.4 Å². The Balaban J connectivity index is 2.22. The normalized spacial score (nSPS) is 19.0. The van der Waals surface area contributed by atoms with E-state index in [2.05, 4.69) is 153 Å². The summed E-state index contributed by atoms with van der Waals surface area (Å²) in [6, 6.07) is -0.849. The molecule has 9 nitrogen and oxygen atoms in total.